The molecule has 1 unspecified atom stereocenters. The Morgan fingerprint density at radius 2 is 1.97 bits per heavy atom. The van der Waals surface area contributed by atoms with Crippen molar-refractivity contribution in [3.8, 4) is 11.9 Å². The number of rotatable bonds is 4. The van der Waals surface area contributed by atoms with E-state index in [9.17, 15) is 14.0 Å². The van der Waals surface area contributed by atoms with Gasteiger partial charge in [0.25, 0.3) is 0 Å². The van der Waals surface area contributed by atoms with Crippen molar-refractivity contribution in [2.75, 3.05) is 0 Å². The number of nitrogens with one attached hydrogen (secondary N) is 1. The van der Waals surface area contributed by atoms with Crippen LogP contribution in [0.1, 0.15) is 28.3 Å². The Kier molecular flexibility index (Phi) is 4.99. The SMILES string of the molecule is Cc1ccc(SCc2[nH]nc3c2C(c2ccc(F)c(F)c2)C(C#N)=C(N)O3)cc1. The molecule has 5 nitrogen and oxygen atoms in total. The highest BCUT2D eigenvalue weighted by molar-refractivity contribution is 7.98. The van der Waals surface area contributed by atoms with Crippen LogP contribution < -0.4 is 10.5 Å². The number of allylic oxidation sites excluding steroid dienone is 1. The lowest BCUT2D eigenvalue weighted by molar-refractivity contribution is 0.378. The maximum Gasteiger partial charge on any atom is 0.244 e. The number of nitrogens with zero attached hydrogens (tertiary/aromatic N) is 2. The number of ether oxygens (including phenoxy) is 1. The number of hydrogen-bond acceptors (Lipinski definition) is 5. The molecule has 1 aliphatic heterocycles. The molecule has 0 radical (unpaired) electrons. The van der Waals surface area contributed by atoms with Gasteiger partial charge < -0.3 is 10.5 Å². The minimum atomic E-state index is -0.995. The summed E-state index contributed by atoms with van der Waals surface area (Å²) < 4.78 is 32.9. The standard InChI is InChI=1S/C21H16F2N4OS/c1-11-2-5-13(6-3-11)29-10-17-19-18(12-4-7-15(22)16(23)8-12)14(9-24)20(25)28-21(19)27-26-17/h2-8,18H,10,25H2,1H3,(H,26,27). The minimum absolute atomic E-state index is 0.0982. The average molecular weight is 410 g/mol. The molecule has 0 fully saturated rings. The van der Waals surface area contributed by atoms with E-state index in [4.69, 9.17) is 10.5 Å². The summed E-state index contributed by atoms with van der Waals surface area (Å²) in [6, 6.07) is 13.7. The van der Waals surface area contributed by atoms with E-state index in [1.54, 1.807) is 11.8 Å². The lowest BCUT2D eigenvalue weighted by Crippen LogP contribution is -2.21. The van der Waals surface area contributed by atoms with E-state index >= 15 is 0 Å². The summed E-state index contributed by atoms with van der Waals surface area (Å²) in [5.74, 6) is -2.00. The molecular weight excluding hydrogens is 394 g/mol. The van der Waals surface area contributed by atoms with Crippen molar-refractivity contribution in [2.24, 2.45) is 5.73 Å². The van der Waals surface area contributed by atoms with Gasteiger partial charge >= 0.3 is 0 Å². The van der Waals surface area contributed by atoms with Crippen molar-refractivity contribution >= 4 is 11.8 Å². The number of nitrogens with two attached hydrogens (primary N) is 1. The van der Waals surface area contributed by atoms with Crippen LogP contribution in [0.5, 0.6) is 5.88 Å². The highest BCUT2D eigenvalue weighted by atomic mass is 32.2. The molecule has 2 heterocycles. The lowest BCUT2D eigenvalue weighted by Gasteiger charge is -2.24. The maximum absolute atomic E-state index is 13.9. The van der Waals surface area contributed by atoms with Crippen LogP contribution in [-0.2, 0) is 5.75 Å². The van der Waals surface area contributed by atoms with Crippen LogP contribution in [0.3, 0.4) is 0 Å². The van der Waals surface area contributed by atoms with Gasteiger partial charge in [0.05, 0.1) is 17.2 Å². The van der Waals surface area contributed by atoms with E-state index in [0.717, 1.165) is 22.7 Å². The van der Waals surface area contributed by atoms with Crippen LogP contribution in [0.4, 0.5) is 8.78 Å². The monoisotopic (exact) mass is 410 g/mol. The van der Waals surface area contributed by atoms with Crippen LogP contribution >= 0.6 is 11.8 Å². The zero-order chi connectivity index (χ0) is 20.5. The Hall–Kier alpha value is -3.31. The topological polar surface area (TPSA) is 87.7 Å². The van der Waals surface area contributed by atoms with Gasteiger partial charge in [0.15, 0.2) is 11.6 Å². The number of aromatic amines is 1. The summed E-state index contributed by atoms with van der Waals surface area (Å²) in [5, 5.41) is 16.7. The first-order valence-electron chi connectivity index (χ1n) is 8.77. The first-order chi connectivity index (χ1) is 14.0. The molecular formula is C21H16F2N4OS. The molecule has 0 saturated heterocycles. The molecule has 146 valence electrons. The normalized spacial score (nSPS) is 15.6. The molecule has 3 N–H and O–H groups in total. The zero-order valence-electron chi connectivity index (χ0n) is 15.4. The molecule has 2 aromatic carbocycles. The van der Waals surface area contributed by atoms with Crippen LogP contribution in [-0.4, -0.2) is 10.2 Å². The molecule has 29 heavy (non-hydrogen) atoms. The molecule has 0 amide bonds. The molecule has 0 spiro atoms. The second-order valence-corrected chi connectivity index (χ2v) is 7.67. The number of aryl methyl sites for hydroxylation is 1. The molecule has 4 rings (SSSR count). The van der Waals surface area contributed by atoms with Crippen LogP contribution in [0, 0.1) is 29.9 Å². The summed E-state index contributed by atoms with van der Waals surface area (Å²) >= 11 is 1.58. The Balaban J connectivity index is 1.74. The van der Waals surface area contributed by atoms with Gasteiger partial charge in [0.2, 0.25) is 11.8 Å². The number of fused-ring (bicyclic) bond motifs is 1. The van der Waals surface area contributed by atoms with Crippen molar-refractivity contribution in [3.05, 3.63) is 87.9 Å². The molecule has 1 atom stereocenters. The number of benzene rings is 2. The number of hydrogen-bond donors (Lipinski definition) is 2. The van der Waals surface area contributed by atoms with Crippen molar-refractivity contribution in [2.45, 2.75) is 23.5 Å². The number of nitriles is 1. The van der Waals surface area contributed by atoms with Gasteiger partial charge in [-0.05, 0) is 36.8 Å². The van der Waals surface area contributed by atoms with E-state index in [1.165, 1.54) is 11.6 Å². The Morgan fingerprint density at radius 3 is 2.66 bits per heavy atom. The van der Waals surface area contributed by atoms with Gasteiger partial charge in [-0.25, -0.2) is 8.78 Å². The smallest absolute Gasteiger partial charge is 0.244 e. The predicted octanol–water partition coefficient (Wildman–Crippen LogP) is 4.51. The lowest BCUT2D eigenvalue weighted by atomic mass is 9.84. The fraction of sp³-hybridized carbons (Fsp3) is 0.143. The summed E-state index contributed by atoms with van der Waals surface area (Å²) in [5.41, 5.74) is 8.91. The fourth-order valence-electron chi connectivity index (χ4n) is 3.23. The van der Waals surface area contributed by atoms with Crippen LogP contribution in [0.15, 0.2) is 58.8 Å². The first-order valence-corrected chi connectivity index (χ1v) is 9.75. The molecule has 3 aromatic rings. The van der Waals surface area contributed by atoms with Gasteiger partial charge in [-0.15, -0.1) is 16.9 Å². The number of thioether (sulfide) groups is 1. The summed E-state index contributed by atoms with van der Waals surface area (Å²) in [6.45, 7) is 2.02. The van der Waals surface area contributed by atoms with Gasteiger partial charge in [0.1, 0.15) is 11.6 Å². The van der Waals surface area contributed by atoms with Crippen LogP contribution in [0.25, 0.3) is 0 Å². The van der Waals surface area contributed by atoms with E-state index in [2.05, 4.69) is 10.2 Å². The molecule has 1 aliphatic rings. The average Bonchev–Trinajstić information content (AvgIpc) is 3.11. The minimum Gasteiger partial charge on any atom is -0.420 e. The number of H-pyrrole nitrogens is 1. The third-order valence-electron chi connectivity index (χ3n) is 4.70. The van der Waals surface area contributed by atoms with Gasteiger partial charge in [-0.1, -0.05) is 23.8 Å². The van der Waals surface area contributed by atoms with E-state index < -0.39 is 17.6 Å². The summed E-state index contributed by atoms with van der Waals surface area (Å²) in [4.78, 5) is 1.07. The molecule has 0 bridgehead atoms. The number of halogens is 2. The van der Waals surface area contributed by atoms with Gasteiger partial charge in [-0.3, -0.25) is 5.10 Å². The molecule has 0 saturated carbocycles. The second kappa shape index (κ2) is 7.60. The first kappa shape index (κ1) is 19.0. The van der Waals surface area contributed by atoms with Crippen molar-refractivity contribution in [3.63, 3.8) is 0 Å². The van der Waals surface area contributed by atoms with Crippen molar-refractivity contribution in [1.29, 1.82) is 5.26 Å². The van der Waals surface area contributed by atoms with Crippen LogP contribution in [0.2, 0.25) is 0 Å². The van der Waals surface area contributed by atoms with Crippen molar-refractivity contribution in [1.82, 2.24) is 10.2 Å². The second-order valence-electron chi connectivity index (χ2n) is 6.62. The Labute approximate surface area is 170 Å². The largest absolute Gasteiger partial charge is 0.420 e. The van der Waals surface area contributed by atoms with E-state index in [-0.39, 0.29) is 17.3 Å². The van der Waals surface area contributed by atoms with Gasteiger partial charge in [-0.2, -0.15) is 5.26 Å². The van der Waals surface area contributed by atoms with Crippen molar-refractivity contribution < 1.29 is 13.5 Å². The zero-order valence-corrected chi connectivity index (χ0v) is 16.2. The van der Waals surface area contributed by atoms with E-state index in [0.29, 0.717) is 16.9 Å². The molecule has 8 heteroatoms. The summed E-state index contributed by atoms with van der Waals surface area (Å²) in [6.07, 6.45) is 0. The molecule has 0 aliphatic carbocycles. The maximum atomic E-state index is 13.9. The Bertz CT molecular complexity index is 1150. The third-order valence-corrected chi connectivity index (χ3v) is 5.74. The number of aromatic nitrogens is 2. The summed E-state index contributed by atoms with van der Waals surface area (Å²) in [7, 11) is 0. The highest BCUT2D eigenvalue weighted by Crippen LogP contribution is 2.44. The fourth-order valence-corrected chi connectivity index (χ4v) is 4.09. The predicted molar refractivity (Wildman–Crippen MR) is 105 cm³/mol. The Morgan fingerprint density at radius 1 is 1.21 bits per heavy atom. The quantitative estimate of drug-likeness (QED) is 0.618. The third kappa shape index (κ3) is 3.57. The molecule has 1 aromatic heterocycles. The van der Waals surface area contributed by atoms with Gasteiger partial charge in [0, 0.05) is 10.6 Å². The highest BCUT2D eigenvalue weighted by Gasteiger charge is 2.35. The van der Waals surface area contributed by atoms with E-state index in [1.807, 2.05) is 37.3 Å².